The molecule has 1 aliphatic carbocycles. The van der Waals surface area contributed by atoms with E-state index < -0.39 is 0 Å². The maximum absolute atomic E-state index is 6.03. The van der Waals surface area contributed by atoms with Crippen LogP contribution in [-0.2, 0) is 6.54 Å². The van der Waals surface area contributed by atoms with Crippen molar-refractivity contribution < 1.29 is 4.74 Å². The molecule has 0 bridgehead atoms. The predicted octanol–water partition coefficient (Wildman–Crippen LogP) is 3.83. The Morgan fingerprint density at radius 2 is 2.00 bits per heavy atom. The Morgan fingerprint density at radius 3 is 2.70 bits per heavy atom. The Hall–Kier alpha value is -1.36. The van der Waals surface area contributed by atoms with E-state index in [0.717, 1.165) is 12.2 Å². The number of rotatable bonds is 5. The summed E-state index contributed by atoms with van der Waals surface area (Å²) < 4.78 is 5.57. The normalized spacial score (nSPS) is 14.3. The van der Waals surface area contributed by atoms with Gasteiger partial charge in [-0.05, 0) is 31.0 Å². The number of nitrogens with zero attached hydrogens (tertiary/aromatic N) is 2. The van der Waals surface area contributed by atoms with E-state index >= 15 is 0 Å². The van der Waals surface area contributed by atoms with Crippen molar-refractivity contribution >= 4 is 23.2 Å². The second kappa shape index (κ2) is 5.95. The molecular weight excluding hydrogens is 297 g/mol. The van der Waals surface area contributed by atoms with Gasteiger partial charge < -0.3 is 10.1 Å². The second-order valence-corrected chi connectivity index (χ2v) is 5.54. The number of nitrogens with one attached hydrogen (secondary N) is 1. The smallest absolute Gasteiger partial charge is 0.238 e. The third-order valence-corrected chi connectivity index (χ3v) is 3.50. The summed E-state index contributed by atoms with van der Waals surface area (Å²) in [6.07, 6.45) is 2.50. The average molecular weight is 310 g/mol. The van der Waals surface area contributed by atoms with Crippen molar-refractivity contribution in [3.05, 3.63) is 46.1 Å². The van der Waals surface area contributed by atoms with Crippen molar-refractivity contribution in [1.82, 2.24) is 15.5 Å². The van der Waals surface area contributed by atoms with Gasteiger partial charge in [-0.25, -0.2) is 0 Å². The molecule has 104 valence electrons. The maximum Gasteiger partial charge on any atom is 0.238 e. The van der Waals surface area contributed by atoms with Gasteiger partial charge in [0, 0.05) is 29.7 Å². The van der Waals surface area contributed by atoms with Crippen molar-refractivity contribution in [3.8, 4) is 11.6 Å². The highest BCUT2D eigenvalue weighted by Gasteiger charge is 2.20. The third-order valence-electron chi connectivity index (χ3n) is 2.95. The zero-order valence-electron chi connectivity index (χ0n) is 10.6. The van der Waals surface area contributed by atoms with Crippen LogP contribution >= 0.6 is 23.2 Å². The Balaban J connectivity index is 1.66. The van der Waals surface area contributed by atoms with Gasteiger partial charge in [0.15, 0.2) is 0 Å². The Bertz CT molecular complexity index is 600. The lowest BCUT2D eigenvalue weighted by molar-refractivity contribution is 0.453. The van der Waals surface area contributed by atoms with Crippen LogP contribution in [0, 0.1) is 0 Å². The van der Waals surface area contributed by atoms with Crippen LogP contribution in [0.4, 0.5) is 0 Å². The van der Waals surface area contributed by atoms with Crippen molar-refractivity contribution in [2.75, 3.05) is 0 Å². The molecule has 1 fully saturated rings. The molecule has 1 aliphatic rings. The SMILES string of the molecule is Clc1ccc(Cl)c(Oc2ccc(CNC3CC3)nn2)c1. The van der Waals surface area contributed by atoms with Gasteiger partial charge in [0.1, 0.15) is 5.75 Å². The first-order valence-corrected chi connectivity index (χ1v) is 7.15. The van der Waals surface area contributed by atoms with Crippen LogP contribution in [0.5, 0.6) is 11.6 Å². The highest BCUT2D eigenvalue weighted by atomic mass is 35.5. The van der Waals surface area contributed by atoms with Crippen molar-refractivity contribution in [2.24, 2.45) is 0 Å². The summed E-state index contributed by atoms with van der Waals surface area (Å²) in [5, 5.41) is 12.6. The van der Waals surface area contributed by atoms with Gasteiger partial charge in [-0.2, -0.15) is 5.10 Å². The van der Waals surface area contributed by atoms with Gasteiger partial charge in [0.05, 0.1) is 10.7 Å². The van der Waals surface area contributed by atoms with Crippen LogP contribution in [0.1, 0.15) is 18.5 Å². The van der Waals surface area contributed by atoms with Crippen LogP contribution in [0.2, 0.25) is 10.0 Å². The fourth-order valence-electron chi connectivity index (χ4n) is 1.70. The summed E-state index contributed by atoms with van der Waals surface area (Å²) in [4.78, 5) is 0. The van der Waals surface area contributed by atoms with Gasteiger partial charge in [-0.1, -0.05) is 23.2 Å². The molecule has 0 unspecified atom stereocenters. The fraction of sp³-hybridized carbons (Fsp3) is 0.286. The van der Waals surface area contributed by atoms with Crippen LogP contribution in [0.3, 0.4) is 0 Å². The molecule has 0 atom stereocenters. The Kier molecular flexibility index (Phi) is 4.05. The molecule has 0 radical (unpaired) electrons. The summed E-state index contributed by atoms with van der Waals surface area (Å²) >= 11 is 11.9. The summed E-state index contributed by atoms with van der Waals surface area (Å²) in [6.45, 7) is 0.732. The molecule has 0 spiro atoms. The number of halogens is 2. The van der Waals surface area contributed by atoms with Crippen LogP contribution < -0.4 is 10.1 Å². The van der Waals surface area contributed by atoms with Gasteiger partial charge in [-0.15, -0.1) is 5.10 Å². The topological polar surface area (TPSA) is 47.0 Å². The zero-order valence-corrected chi connectivity index (χ0v) is 12.2. The first kappa shape index (κ1) is 13.6. The monoisotopic (exact) mass is 309 g/mol. The number of ether oxygens (including phenoxy) is 1. The molecule has 2 aromatic rings. The quantitative estimate of drug-likeness (QED) is 0.912. The molecule has 0 aliphatic heterocycles. The van der Waals surface area contributed by atoms with Gasteiger partial charge in [0.25, 0.3) is 0 Å². The Labute approximate surface area is 127 Å². The minimum absolute atomic E-state index is 0.393. The number of benzene rings is 1. The number of hydrogen-bond acceptors (Lipinski definition) is 4. The number of hydrogen-bond donors (Lipinski definition) is 1. The molecule has 1 aromatic carbocycles. The predicted molar refractivity (Wildman–Crippen MR) is 78.4 cm³/mol. The van der Waals surface area contributed by atoms with E-state index in [-0.39, 0.29) is 0 Å². The lowest BCUT2D eigenvalue weighted by Crippen LogP contribution is -2.16. The standard InChI is InChI=1S/C14H13Cl2N3O/c15-9-1-5-12(16)13(7-9)20-14-6-4-11(18-19-14)8-17-10-2-3-10/h1,4-7,10,17H,2-3,8H2. The second-order valence-electron chi connectivity index (χ2n) is 4.69. The number of aromatic nitrogens is 2. The van der Waals surface area contributed by atoms with Crippen LogP contribution in [0.15, 0.2) is 30.3 Å². The fourth-order valence-corrected chi connectivity index (χ4v) is 2.02. The minimum atomic E-state index is 0.393. The first-order valence-electron chi connectivity index (χ1n) is 6.39. The van der Waals surface area contributed by atoms with E-state index in [1.165, 1.54) is 12.8 Å². The van der Waals surface area contributed by atoms with Crippen molar-refractivity contribution in [1.29, 1.82) is 0 Å². The summed E-state index contributed by atoms with van der Waals surface area (Å²) in [6, 6.07) is 9.34. The van der Waals surface area contributed by atoms with E-state index in [1.807, 2.05) is 6.07 Å². The first-order chi connectivity index (χ1) is 9.70. The molecule has 1 saturated carbocycles. The van der Waals surface area contributed by atoms with Crippen molar-refractivity contribution in [2.45, 2.75) is 25.4 Å². The molecule has 1 N–H and O–H groups in total. The van der Waals surface area contributed by atoms with Crippen LogP contribution in [0.25, 0.3) is 0 Å². The molecule has 4 nitrogen and oxygen atoms in total. The van der Waals surface area contributed by atoms with Crippen molar-refractivity contribution in [3.63, 3.8) is 0 Å². The highest BCUT2D eigenvalue weighted by Crippen LogP contribution is 2.30. The van der Waals surface area contributed by atoms with Gasteiger partial charge >= 0.3 is 0 Å². The lowest BCUT2D eigenvalue weighted by Gasteiger charge is -2.07. The molecule has 1 aromatic heterocycles. The largest absolute Gasteiger partial charge is 0.436 e. The lowest BCUT2D eigenvalue weighted by atomic mass is 10.3. The maximum atomic E-state index is 6.03. The van der Waals surface area contributed by atoms with Gasteiger partial charge in [0.2, 0.25) is 5.88 Å². The molecule has 0 saturated heterocycles. The molecule has 0 amide bonds. The van der Waals surface area contributed by atoms with E-state index in [0.29, 0.717) is 27.7 Å². The summed E-state index contributed by atoms with van der Waals surface area (Å²) in [5.41, 5.74) is 0.890. The van der Waals surface area contributed by atoms with E-state index in [2.05, 4.69) is 15.5 Å². The third kappa shape index (κ3) is 3.60. The van der Waals surface area contributed by atoms with E-state index in [9.17, 15) is 0 Å². The molecular formula is C14H13Cl2N3O. The minimum Gasteiger partial charge on any atom is -0.436 e. The molecule has 6 heteroatoms. The highest BCUT2D eigenvalue weighted by molar-refractivity contribution is 6.34. The Morgan fingerprint density at radius 1 is 1.15 bits per heavy atom. The molecule has 20 heavy (non-hydrogen) atoms. The van der Waals surface area contributed by atoms with Crippen LogP contribution in [-0.4, -0.2) is 16.2 Å². The average Bonchev–Trinajstić information content (AvgIpc) is 3.26. The van der Waals surface area contributed by atoms with E-state index in [1.54, 1.807) is 24.3 Å². The molecule has 3 rings (SSSR count). The van der Waals surface area contributed by atoms with E-state index in [4.69, 9.17) is 27.9 Å². The zero-order chi connectivity index (χ0) is 13.9. The van der Waals surface area contributed by atoms with Gasteiger partial charge in [-0.3, -0.25) is 0 Å². The summed E-state index contributed by atoms with van der Waals surface area (Å²) in [5.74, 6) is 0.863. The molecule has 1 heterocycles. The summed E-state index contributed by atoms with van der Waals surface area (Å²) in [7, 11) is 0.